The van der Waals surface area contributed by atoms with Crippen LogP contribution in [0.1, 0.15) is 5.56 Å². The Morgan fingerprint density at radius 3 is 3.11 bits per heavy atom. The number of ether oxygens (including phenoxy) is 1. The SMILES string of the molecule is COCc1[c]c[c]cc1. The zero-order valence-corrected chi connectivity index (χ0v) is 5.35. The molecule has 1 rings (SSSR count). The third kappa shape index (κ3) is 1.86. The predicted octanol–water partition coefficient (Wildman–Crippen LogP) is 1.43. The van der Waals surface area contributed by atoms with Gasteiger partial charge in [-0.1, -0.05) is 12.1 Å². The van der Waals surface area contributed by atoms with E-state index >= 15 is 0 Å². The number of hydrogen-bond donors (Lipinski definition) is 0. The highest BCUT2D eigenvalue weighted by atomic mass is 16.5. The molecule has 0 unspecified atom stereocenters. The molecule has 0 spiro atoms. The minimum Gasteiger partial charge on any atom is -0.380 e. The third-order valence-electron chi connectivity index (χ3n) is 1.02. The van der Waals surface area contributed by atoms with E-state index in [2.05, 4.69) is 12.1 Å². The van der Waals surface area contributed by atoms with Crippen LogP contribution in [-0.2, 0) is 11.3 Å². The van der Waals surface area contributed by atoms with Crippen molar-refractivity contribution in [3.05, 3.63) is 35.9 Å². The van der Waals surface area contributed by atoms with Gasteiger partial charge in [0.25, 0.3) is 0 Å². The van der Waals surface area contributed by atoms with Gasteiger partial charge in [0.05, 0.1) is 6.61 Å². The van der Waals surface area contributed by atoms with E-state index in [1.807, 2.05) is 12.1 Å². The molecular formula is C8H8O. The fourth-order valence-electron chi connectivity index (χ4n) is 0.625. The van der Waals surface area contributed by atoms with Gasteiger partial charge in [0, 0.05) is 7.11 Å². The highest BCUT2D eigenvalue weighted by molar-refractivity contribution is 5.10. The number of rotatable bonds is 2. The molecule has 46 valence electrons. The lowest BCUT2D eigenvalue weighted by Crippen LogP contribution is -1.84. The molecule has 1 heteroatoms. The number of benzene rings is 1. The lowest BCUT2D eigenvalue weighted by molar-refractivity contribution is 0.184. The minimum atomic E-state index is 0.634. The molecule has 0 N–H and O–H groups in total. The van der Waals surface area contributed by atoms with Gasteiger partial charge in [0.2, 0.25) is 0 Å². The van der Waals surface area contributed by atoms with Gasteiger partial charge in [0.15, 0.2) is 0 Å². The summed E-state index contributed by atoms with van der Waals surface area (Å²) in [5.74, 6) is 0. The van der Waals surface area contributed by atoms with Gasteiger partial charge in [-0.2, -0.15) is 0 Å². The van der Waals surface area contributed by atoms with E-state index in [1.165, 1.54) is 0 Å². The molecule has 0 aliphatic carbocycles. The fraction of sp³-hybridized carbons (Fsp3) is 0.250. The van der Waals surface area contributed by atoms with Crippen LogP contribution in [0.4, 0.5) is 0 Å². The van der Waals surface area contributed by atoms with Crippen LogP contribution >= 0.6 is 0 Å². The molecule has 9 heavy (non-hydrogen) atoms. The van der Waals surface area contributed by atoms with Gasteiger partial charge in [-0.25, -0.2) is 0 Å². The van der Waals surface area contributed by atoms with Crippen molar-refractivity contribution in [2.24, 2.45) is 0 Å². The summed E-state index contributed by atoms with van der Waals surface area (Å²) >= 11 is 0. The molecule has 0 atom stereocenters. The van der Waals surface area contributed by atoms with Crippen molar-refractivity contribution in [2.75, 3.05) is 7.11 Å². The summed E-state index contributed by atoms with van der Waals surface area (Å²) in [7, 11) is 1.67. The van der Waals surface area contributed by atoms with Crippen LogP contribution in [0.5, 0.6) is 0 Å². The molecule has 1 aromatic rings. The van der Waals surface area contributed by atoms with E-state index in [0.29, 0.717) is 6.61 Å². The Hall–Kier alpha value is -0.820. The van der Waals surface area contributed by atoms with Gasteiger partial charge in [-0.15, -0.1) is 0 Å². The van der Waals surface area contributed by atoms with Crippen LogP contribution in [0.15, 0.2) is 18.2 Å². The zero-order valence-electron chi connectivity index (χ0n) is 5.35. The first-order valence-electron chi connectivity index (χ1n) is 2.79. The Morgan fingerprint density at radius 1 is 1.67 bits per heavy atom. The van der Waals surface area contributed by atoms with Crippen molar-refractivity contribution < 1.29 is 4.74 Å². The molecule has 1 nitrogen and oxygen atoms in total. The first kappa shape index (κ1) is 6.30. The smallest absolute Gasteiger partial charge is 0.0719 e. The van der Waals surface area contributed by atoms with E-state index in [0.717, 1.165) is 5.56 Å². The maximum atomic E-state index is 4.88. The van der Waals surface area contributed by atoms with E-state index < -0.39 is 0 Å². The van der Waals surface area contributed by atoms with Crippen LogP contribution in [0.3, 0.4) is 0 Å². The summed E-state index contributed by atoms with van der Waals surface area (Å²) in [6.07, 6.45) is 0. The van der Waals surface area contributed by atoms with E-state index in [1.54, 1.807) is 13.2 Å². The third-order valence-corrected chi connectivity index (χ3v) is 1.02. The van der Waals surface area contributed by atoms with Gasteiger partial charge < -0.3 is 4.74 Å². The topological polar surface area (TPSA) is 9.23 Å². The Balaban J connectivity index is 2.61. The van der Waals surface area contributed by atoms with Gasteiger partial charge in [-0.05, 0) is 23.8 Å². The second kappa shape index (κ2) is 3.25. The molecule has 0 fully saturated rings. The monoisotopic (exact) mass is 120 g/mol. The van der Waals surface area contributed by atoms with Crippen LogP contribution in [0.25, 0.3) is 0 Å². The summed E-state index contributed by atoms with van der Waals surface area (Å²) in [6, 6.07) is 11.4. The largest absolute Gasteiger partial charge is 0.380 e. The first-order valence-corrected chi connectivity index (χ1v) is 2.79. The Labute approximate surface area is 55.3 Å². The molecule has 0 aliphatic heterocycles. The van der Waals surface area contributed by atoms with Crippen molar-refractivity contribution >= 4 is 0 Å². The summed E-state index contributed by atoms with van der Waals surface area (Å²) in [4.78, 5) is 0. The number of hydrogen-bond acceptors (Lipinski definition) is 1. The van der Waals surface area contributed by atoms with E-state index in [-0.39, 0.29) is 0 Å². The predicted molar refractivity (Wildman–Crippen MR) is 34.8 cm³/mol. The molecule has 0 aliphatic rings. The average Bonchev–Trinajstić information content (AvgIpc) is 1.91. The Kier molecular flexibility index (Phi) is 2.28. The molecule has 0 aromatic heterocycles. The zero-order chi connectivity index (χ0) is 6.53. The van der Waals surface area contributed by atoms with Crippen molar-refractivity contribution in [2.45, 2.75) is 6.61 Å². The summed E-state index contributed by atoms with van der Waals surface area (Å²) in [5.41, 5.74) is 1.07. The standard InChI is InChI=1S/C8H8O/c1-9-7-8-5-3-2-4-6-8/h3-5H,7H2,1H3. The second-order valence-corrected chi connectivity index (χ2v) is 1.75. The molecule has 2 radical (unpaired) electrons. The quantitative estimate of drug-likeness (QED) is 0.573. The average molecular weight is 120 g/mol. The lowest BCUT2D eigenvalue weighted by Gasteiger charge is -1.94. The van der Waals surface area contributed by atoms with Crippen molar-refractivity contribution in [1.29, 1.82) is 0 Å². The van der Waals surface area contributed by atoms with Crippen LogP contribution in [0, 0.1) is 12.1 Å². The van der Waals surface area contributed by atoms with Gasteiger partial charge in [0.1, 0.15) is 0 Å². The summed E-state index contributed by atoms with van der Waals surface area (Å²) < 4.78 is 4.88. The van der Waals surface area contributed by atoms with Crippen LogP contribution < -0.4 is 0 Å². The molecule has 0 bridgehead atoms. The van der Waals surface area contributed by atoms with Crippen LogP contribution in [-0.4, -0.2) is 7.11 Å². The summed E-state index contributed by atoms with van der Waals surface area (Å²) in [6.45, 7) is 0.634. The Morgan fingerprint density at radius 2 is 2.56 bits per heavy atom. The van der Waals surface area contributed by atoms with E-state index in [9.17, 15) is 0 Å². The van der Waals surface area contributed by atoms with Crippen molar-refractivity contribution in [3.63, 3.8) is 0 Å². The maximum Gasteiger partial charge on any atom is 0.0719 e. The molecule has 1 aromatic carbocycles. The van der Waals surface area contributed by atoms with Gasteiger partial charge >= 0.3 is 0 Å². The first-order chi connectivity index (χ1) is 4.43. The normalized spacial score (nSPS) is 9.44. The fourth-order valence-corrected chi connectivity index (χ4v) is 0.625. The molecular weight excluding hydrogens is 112 g/mol. The van der Waals surface area contributed by atoms with Crippen molar-refractivity contribution in [3.8, 4) is 0 Å². The molecule has 0 amide bonds. The maximum absolute atomic E-state index is 4.88. The summed E-state index contributed by atoms with van der Waals surface area (Å²) in [5, 5.41) is 0. The molecule has 0 saturated carbocycles. The highest BCUT2D eigenvalue weighted by Crippen LogP contribution is 1.96. The highest BCUT2D eigenvalue weighted by Gasteiger charge is 1.85. The van der Waals surface area contributed by atoms with Crippen molar-refractivity contribution in [1.82, 2.24) is 0 Å². The molecule has 0 heterocycles. The van der Waals surface area contributed by atoms with Gasteiger partial charge in [-0.3, -0.25) is 0 Å². The van der Waals surface area contributed by atoms with E-state index in [4.69, 9.17) is 4.74 Å². The van der Waals surface area contributed by atoms with Crippen LogP contribution in [0.2, 0.25) is 0 Å². The minimum absolute atomic E-state index is 0.634. The second-order valence-electron chi connectivity index (χ2n) is 1.75. The molecule has 0 saturated heterocycles. The Bertz CT molecular complexity index is 157. The number of methoxy groups -OCH3 is 1. The lowest BCUT2D eigenvalue weighted by atomic mass is 10.2.